The Hall–Kier alpha value is -2.91. The summed E-state index contributed by atoms with van der Waals surface area (Å²) in [5.41, 5.74) is 8.47. The van der Waals surface area contributed by atoms with Crippen molar-refractivity contribution in [1.29, 1.82) is 0 Å². The first kappa shape index (κ1) is 22.3. The summed E-state index contributed by atoms with van der Waals surface area (Å²) in [7, 11) is 0. The number of carbonyl (C=O) groups excluding carboxylic acids is 1. The van der Waals surface area contributed by atoms with Gasteiger partial charge < -0.3 is 26.3 Å². The van der Waals surface area contributed by atoms with E-state index in [-0.39, 0.29) is 6.03 Å². The molecule has 5 N–H and O–H groups in total. The van der Waals surface area contributed by atoms with E-state index in [2.05, 4.69) is 32.5 Å². The number of fused-ring (bicyclic) bond motifs is 1. The lowest BCUT2D eigenvalue weighted by atomic mass is 9.96. The van der Waals surface area contributed by atoms with Crippen LogP contribution in [0.5, 0.6) is 0 Å². The fourth-order valence-electron chi connectivity index (χ4n) is 4.14. The van der Waals surface area contributed by atoms with Gasteiger partial charge in [-0.05, 0) is 38.7 Å². The van der Waals surface area contributed by atoms with Crippen molar-refractivity contribution in [3.05, 3.63) is 35.2 Å². The van der Waals surface area contributed by atoms with Gasteiger partial charge in [0, 0.05) is 48.2 Å². The average molecular weight is 457 g/mol. The number of hydrogen-bond acceptors (Lipinski definition) is 6. The summed E-state index contributed by atoms with van der Waals surface area (Å²) in [6.45, 7) is 5.57. The van der Waals surface area contributed by atoms with E-state index >= 15 is 0 Å². The number of likely N-dealkylation sites (tertiary alicyclic amines) is 1. The van der Waals surface area contributed by atoms with Crippen molar-refractivity contribution in [2.45, 2.75) is 45.2 Å². The molecule has 0 aliphatic carbocycles. The van der Waals surface area contributed by atoms with Crippen LogP contribution in [0, 0.1) is 0 Å². The zero-order chi connectivity index (χ0) is 22.7. The van der Waals surface area contributed by atoms with E-state index in [4.69, 9.17) is 22.3 Å². The fraction of sp³-hybridized carbons (Fsp3) is 0.455. The fourth-order valence-corrected chi connectivity index (χ4v) is 4.30. The van der Waals surface area contributed by atoms with Crippen LogP contribution >= 0.6 is 11.6 Å². The van der Waals surface area contributed by atoms with Crippen molar-refractivity contribution < 1.29 is 4.79 Å². The third-order valence-corrected chi connectivity index (χ3v) is 6.10. The Morgan fingerprint density at radius 3 is 2.94 bits per heavy atom. The molecule has 0 bridgehead atoms. The number of aromatic nitrogens is 4. The normalized spacial score (nSPS) is 18.7. The number of H-pyrrole nitrogens is 1. The second kappa shape index (κ2) is 9.30. The third kappa shape index (κ3) is 4.35. The van der Waals surface area contributed by atoms with Gasteiger partial charge in [-0.25, -0.2) is 19.7 Å². The van der Waals surface area contributed by atoms with Gasteiger partial charge in [0.2, 0.25) is 0 Å². The van der Waals surface area contributed by atoms with E-state index in [1.54, 1.807) is 11.1 Å². The van der Waals surface area contributed by atoms with Gasteiger partial charge in [-0.2, -0.15) is 0 Å². The van der Waals surface area contributed by atoms with E-state index in [0.717, 1.165) is 47.8 Å². The summed E-state index contributed by atoms with van der Waals surface area (Å²) in [5, 5.41) is 7.70. The van der Waals surface area contributed by atoms with Crippen molar-refractivity contribution in [2.75, 3.05) is 25.0 Å². The maximum atomic E-state index is 12.6. The van der Waals surface area contributed by atoms with Gasteiger partial charge >= 0.3 is 6.03 Å². The number of carbonyl (C=O) groups is 1. The van der Waals surface area contributed by atoms with E-state index in [1.165, 1.54) is 0 Å². The van der Waals surface area contributed by atoms with E-state index in [1.807, 2.05) is 25.4 Å². The molecular formula is C22H29ClN8O. The molecule has 4 rings (SSSR count). The van der Waals surface area contributed by atoms with E-state index < -0.39 is 5.66 Å². The molecule has 3 aromatic rings. The summed E-state index contributed by atoms with van der Waals surface area (Å²) in [6, 6.07) is 1.72. The molecule has 1 saturated heterocycles. The molecule has 2 amide bonds. The first-order valence-electron chi connectivity index (χ1n) is 11.0. The van der Waals surface area contributed by atoms with Gasteiger partial charge in [0.25, 0.3) is 0 Å². The molecule has 0 spiro atoms. The van der Waals surface area contributed by atoms with Crippen molar-refractivity contribution >= 4 is 34.5 Å². The van der Waals surface area contributed by atoms with Gasteiger partial charge in [0.05, 0.1) is 11.6 Å². The molecule has 3 aromatic heterocycles. The lowest BCUT2D eigenvalue weighted by Gasteiger charge is -2.44. The molecule has 1 atom stereocenters. The highest BCUT2D eigenvalue weighted by molar-refractivity contribution is 6.31. The largest absolute Gasteiger partial charge is 0.366 e. The predicted molar refractivity (Wildman–Crippen MR) is 127 cm³/mol. The number of halogens is 1. The second-order valence-corrected chi connectivity index (χ2v) is 8.51. The molecule has 0 aromatic carbocycles. The number of hydrogen-bond donors (Lipinski definition) is 4. The molecule has 0 saturated carbocycles. The maximum Gasteiger partial charge on any atom is 0.318 e. The molecule has 4 heterocycles. The average Bonchev–Trinajstić information content (AvgIpc) is 3.21. The number of aryl methyl sites for hydroxylation is 1. The van der Waals surface area contributed by atoms with Crippen molar-refractivity contribution in [2.24, 2.45) is 5.73 Å². The minimum atomic E-state index is -0.786. The second-order valence-electron chi connectivity index (χ2n) is 8.07. The number of nitrogens with two attached hydrogens (primary N) is 1. The lowest BCUT2D eigenvalue weighted by Crippen LogP contribution is -2.65. The predicted octanol–water partition coefficient (Wildman–Crippen LogP) is 3.52. The van der Waals surface area contributed by atoms with Crippen LogP contribution in [0.3, 0.4) is 0 Å². The molecule has 9 nitrogen and oxygen atoms in total. The topological polar surface area (TPSA) is 125 Å². The van der Waals surface area contributed by atoms with Crippen LogP contribution in [0.15, 0.2) is 24.7 Å². The van der Waals surface area contributed by atoms with Crippen LogP contribution in [0.2, 0.25) is 5.02 Å². The van der Waals surface area contributed by atoms with Gasteiger partial charge in [0.1, 0.15) is 17.1 Å². The SMILES string of the molecule is CCNC(=O)N1CCCC[C@]1(N)CNc1nc(-c2c[nH]c3ncc(Cl)cc23)ncc1CC. The Labute approximate surface area is 192 Å². The summed E-state index contributed by atoms with van der Waals surface area (Å²) in [5.74, 6) is 1.28. The number of amides is 2. The van der Waals surface area contributed by atoms with Gasteiger partial charge in [-0.3, -0.25) is 0 Å². The molecule has 1 aliphatic heterocycles. The third-order valence-electron chi connectivity index (χ3n) is 5.90. The first-order chi connectivity index (χ1) is 15.4. The van der Waals surface area contributed by atoms with Crippen LogP contribution in [0.1, 0.15) is 38.7 Å². The number of pyridine rings is 1. The molecule has 0 radical (unpaired) electrons. The number of nitrogens with zero attached hydrogens (tertiary/aromatic N) is 4. The molecule has 1 fully saturated rings. The maximum absolute atomic E-state index is 12.6. The van der Waals surface area contributed by atoms with Crippen molar-refractivity contribution in [1.82, 2.24) is 30.2 Å². The van der Waals surface area contributed by atoms with Crippen LogP contribution in [0.4, 0.5) is 10.6 Å². The Morgan fingerprint density at radius 2 is 2.16 bits per heavy atom. The first-order valence-corrected chi connectivity index (χ1v) is 11.4. The molecule has 0 unspecified atom stereocenters. The highest BCUT2D eigenvalue weighted by Crippen LogP contribution is 2.29. The highest BCUT2D eigenvalue weighted by Gasteiger charge is 2.38. The van der Waals surface area contributed by atoms with E-state index in [9.17, 15) is 4.79 Å². The number of piperidine rings is 1. The standard InChI is InChI=1S/C22H29ClN8O/c1-3-14-10-26-20(17-12-28-19-16(17)9-15(23)11-27-19)30-18(14)29-13-22(24)7-5-6-8-31(22)21(32)25-4-2/h9-12H,3-8,13,24H2,1-2H3,(H,25,32)(H,27,28)(H,26,29,30)/t22-/m1/s1. The Morgan fingerprint density at radius 1 is 1.31 bits per heavy atom. The van der Waals surface area contributed by atoms with Crippen LogP contribution in [-0.4, -0.2) is 56.2 Å². The zero-order valence-corrected chi connectivity index (χ0v) is 19.2. The summed E-state index contributed by atoms with van der Waals surface area (Å²) in [6.07, 6.45) is 8.68. The van der Waals surface area contributed by atoms with Crippen LogP contribution in [-0.2, 0) is 6.42 Å². The number of anilines is 1. The van der Waals surface area contributed by atoms with Crippen molar-refractivity contribution in [3.8, 4) is 11.4 Å². The van der Waals surface area contributed by atoms with Gasteiger partial charge in [-0.15, -0.1) is 0 Å². The smallest absolute Gasteiger partial charge is 0.318 e. The van der Waals surface area contributed by atoms with Gasteiger partial charge in [0.15, 0.2) is 5.82 Å². The zero-order valence-electron chi connectivity index (χ0n) is 18.4. The lowest BCUT2D eigenvalue weighted by molar-refractivity contribution is 0.0897. The molecule has 10 heteroatoms. The van der Waals surface area contributed by atoms with Crippen LogP contribution < -0.4 is 16.4 Å². The summed E-state index contributed by atoms with van der Waals surface area (Å²) < 4.78 is 0. The monoisotopic (exact) mass is 456 g/mol. The van der Waals surface area contributed by atoms with E-state index in [0.29, 0.717) is 36.3 Å². The minimum Gasteiger partial charge on any atom is -0.366 e. The number of aromatic amines is 1. The number of nitrogens with one attached hydrogen (secondary N) is 3. The number of urea groups is 1. The van der Waals surface area contributed by atoms with Crippen LogP contribution in [0.25, 0.3) is 22.4 Å². The Kier molecular flexibility index (Phi) is 6.48. The molecular weight excluding hydrogens is 428 g/mol. The quantitative estimate of drug-likeness (QED) is 0.449. The molecule has 1 aliphatic rings. The van der Waals surface area contributed by atoms with Gasteiger partial charge in [-0.1, -0.05) is 18.5 Å². The molecule has 32 heavy (non-hydrogen) atoms. The Bertz CT molecular complexity index is 1120. The van der Waals surface area contributed by atoms with Crippen molar-refractivity contribution in [3.63, 3.8) is 0 Å². The summed E-state index contributed by atoms with van der Waals surface area (Å²) in [4.78, 5) is 31.1. The minimum absolute atomic E-state index is 0.126. The Balaban J connectivity index is 1.62. The number of rotatable bonds is 6. The highest BCUT2D eigenvalue weighted by atomic mass is 35.5. The molecule has 170 valence electrons. The summed E-state index contributed by atoms with van der Waals surface area (Å²) >= 11 is 6.15.